The maximum absolute atomic E-state index is 5.50. The molecule has 8 heteroatoms. The van der Waals surface area contributed by atoms with Crippen LogP contribution in [0.15, 0.2) is 23.2 Å². The highest BCUT2D eigenvalue weighted by Gasteiger charge is 2.00. The van der Waals surface area contributed by atoms with Crippen LogP contribution in [0.25, 0.3) is 0 Å². The third kappa shape index (κ3) is 12.0. The number of hydrogen-bond donors (Lipinski definition) is 2. The van der Waals surface area contributed by atoms with Crippen molar-refractivity contribution in [3.63, 3.8) is 0 Å². The van der Waals surface area contributed by atoms with Crippen molar-refractivity contribution < 1.29 is 14.2 Å². The lowest BCUT2D eigenvalue weighted by molar-refractivity contribution is 0.0487. The van der Waals surface area contributed by atoms with Crippen LogP contribution < -0.4 is 15.4 Å². The highest BCUT2D eigenvalue weighted by molar-refractivity contribution is 14.0. The first kappa shape index (κ1) is 23.9. The predicted octanol–water partition coefficient (Wildman–Crippen LogP) is 2.21. The molecule has 0 atom stereocenters. The zero-order chi connectivity index (χ0) is 17.5. The van der Waals surface area contributed by atoms with Gasteiger partial charge in [-0.1, -0.05) is 19.4 Å². The van der Waals surface area contributed by atoms with Crippen molar-refractivity contribution in [1.29, 1.82) is 0 Å². The van der Waals surface area contributed by atoms with Gasteiger partial charge in [-0.3, -0.25) is 4.99 Å². The van der Waals surface area contributed by atoms with Gasteiger partial charge in [-0.25, -0.2) is 4.98 Å². The molecule has 0 spiro atoms. The van der Waals surface area contributed by atoms with Crippen molar-refractivity contribution in [1.82, 2.24) is 15.6 Å². The van der Waals surface area contributed by atoms with Gasteiger partial charge in [-0.2, -0.15) is 0 Å². The predicted molar refractivity (Wildman–Crippen MR) is 111 cm³/mol. The van der Waals surface area contributed by atoms with Gasteiger partial charge in [-0.05, 0) is 12.5 Å². The van der Waals surface area contributed by atoms with Gasteiger partial charge in [0.2, 0.25) is 5.88 Å². The van der Waals surface area contributed by atoms with Crippen LogP contribution in [0.1, 0.15) is 25.5 Å². The summed E-state index contributed by atoms with van der Waals surface area (Å²) >= 11 is 0. The molecule has 0 radical (unpaired) electrons. The molecule has 0 bridgehead atoms. The zero-order valence-corrected chi connectivity index (χ0v) is 17.7. The maximum atomic E-state index is 5.50. The average Bonchev–Trinajstić information content (AvgIpc) is 2.63. The van der Waals surface area contributed by atoms with E-state index in [1.165, 1.54) is 0 Å². The Kier molecular flexibility index (Phi) is 15.6. The number of nitrogens with one attached hydrogen (secondary N) is 2. The largest absolute Gasteiger partial charge is 0.481 e. The molecule has 25 heavy (non-hydrogen) atoms. The van der Waals surface area contributed by atoms with E-state index in [-0.39, 0.29) is 24.0 Å². The van der Waals surface area contributed by atoms with Gasteiger partial charge in [0, 0.05) is 26.3 Å². The molecule has 2 N–H and O–H groups in total. The van der Waals surface area contributed by atoms with Gasteiger partial charge in [0.05, 0.1) is 39.2 Å². The van der Waals surface area contributed by atoms with Crippen LogP contribution in [0.3, 0.4) is 0 Å². The number of unbranched alkanes of at least 4 members (excludes halogenated alkanes) is 1. The van der Waals surface area contributed by atoms with E-state index in [1.807, 2.05) is 18.2 Å². The number of rotatable bonds is 12. The Morgan fingerprint density at radius 3 is 2.56 bits per heavy atom. The summed E-state index contributed by atoms with van der Waals surface area (Å²) < 4.78 is 16.0. The molecule has 0 fully saturated rings. The number of hydrogen-bond acceptors (Lipinski definition) is 5. The first-order chi connectivity index (χ1) is 11.8. The topological polar surface area (TPSA) is 77.0 Å². The molecule has 0 saturated heterocycles. The van der Waals surface area contributed by atoms with Crippen molar-refractivity contribution in [2.75, 3.05) is 47.1 Å². The fourth-order valence-corrected chi connectivity index (χ4v) is 1.87. The van der Waals surface area contributed by atoms with Crippen molar-refractivity contribution in [3.05, 3.63) is 23.9 Å². The van der Waals surface area contributed by atoms with Crippen molar-refractivity contribution in [2.45, 2.75) is 26.3 Å². The molecular weight excluding hydrogens is 435 g/mol. The Bertz CT molecular complexity index is 475. The summed E-state index contributed by atoms with van der Waals surface area (Å²) in [7, 11) is 3.34. The molecule has 7 nitrogen and oxygen atoms in total. The molecule has 0 aliphatic heterocycles. The zero-order valence-electron chi connectivity index (χ0n) is 15.4. The van der Waals surface area contributed by atoms with E-state index in [0.717, 1.165) is 25.1 Å². The Morgan fingerprint density at radius 1 is 1.12 bits per heavy atom. The maximum Gasteiger partial charge on any atom is 0.213 e. The number of methoxy groups -OCH3 is 1. The smallest absolute Gasteiger partial charge is 0.213 e. The quantitative estimate of drug-likeness (QED) is 0.213. The number of aromatic nitrogens is 1. The van der Waals surface area contributed by atoms with E-state index in [4.69, 9.17) is 14.2 Å². The molecular formula is C17H31IN4O3. The second-order valence-electron chi connectivity index (χ2n) is 5.10. The first-order valence-electron chi connectivity index (χ1n) is 8.40. The third-order valence-electron chi connectivity index (χ3n) is 3.20. The molecule has 1 aromatic heterocycles. The average molecular weight is 466 g/mol. The fourth-order valence-electron chi connectivity index (χ4n) is 1.87. The molecule has 1 heterocycles. The van der Waals surface area contributed by atoms with Gasteiger partial charge in [0.15, 0.2) is 5.96 Å². The second kappa shape index (κ2) is 16.3. The summed E-state index contributed by atoms with van der Waals surface area (Å²) in [5.41, 5.74) is 0.887. The van der Waals surface area contributed by atoms with Crippen LogP contribution >= 0.6 is 24.0 Å². The van der Waals surface area contributed by atoms with Gasteiger partial charge in [0.1, 0.15) is 0 Å². The number of ether oxygens (including phenoxy) is 3. The normalized spacial score (nSPS) is 10.9. The minimum Gasteiger partial charge on any atom is -0.481 e. The molecule has 1 aromatic rings. The van der Waals surface area contributed by atoms with E-state index < -0.39 is 0 Å². The van der Waals surface area contributed by atoms with Crippen LogP contribution in [0.4, 0.5) is 0 Å². The van der Waals surface area contributed by atoms with Crippen LogP contribution in [0.5, 0.6) is 5.88 Å². The molecule has 144 valence electrons. The fraction of sp³-hybridized carbons (Fsp3) is 0.647. The summed E-state index contributed by atoms with van der Waals surface area (Å²) in [6.07, 6.45) is 2.26. The summed E-state index contributed by atoms with van der Waals surface area (Å²) in [6, 6.07) is 5.67. The Labute approximate surface area is 168 Å². The molecule has 0 unspecified atom stereocenters. The first-order valence-corrected chi connectivity index (χ1v) is 8.40. The Hall–Kier alpha value is -1.13. The molecule has 0 aliphatic carbocycles. The highest BCUT2D eigenvalue weighted by atomic mass is 127. The van der Waals surface area contributed by atoms with Crippen molar-refractivity contribution >= 4 is 29.9 Å². The van der Waals surface area contributed by atoms with E-state index in [2.05, 4.69) is 27.5 Å². The molecule has 0 aromatic carbocycles. The van der Waals surface area contributed by atoms with Gasteiger partial charge in [-0.15, -0.1) is 24.0 Å². The van der Waals surface area contributed by atoms with Crippen molar-refractivity contribution in [2.24, 2.45) is 4.99 Å². The summed E-state index contributed by atoms with van der Waals surface area (Å²) in [5, 5.41) is 6.40. The minimum atomic E-state index is 0. The molecule has 0 amide bonds. The summed E-state index contributed by atoms with van der Waals surface area (Å²) in [5.74, 6) is 1.31. The summed E-state index contributed by atoms with van der Waals surface area (Å²) in [4.78, 5) is 8.51. The van der Waals surface area contributed by atoms with Gasteiger partial charge >= 0.3 is 0 Å². The summed E-state index contributed by atoms with van der Waals surface area (Å²) in [6.45, 7) is 6.09. The van der Waals surface area contributed by atoms with Crippen LogP contribution in [0.2, 0.25) is 0 Å². The lowest BCUT2D eigenvalue weighted by Crippen LogP contribution is -2.38. The highest BCUT2D eigenvalue weighted by Crippen LogP contribution is 2.05. The lowest BCUT2D eigenvalue weighted by atomic mass is 10.3. The number of aliphatic imine (C=N–C) groups is 1. The standard InChI is InChI=1S/C17H30N4O3.HI/c1-4-5-10-23-12-13-24-11-9-19-17(18-2)20-14-15-7-6-8-16(21-15)22-3;/h6-8H,4-5,9-14H2,1-3H3,(H2,18,19,20);1H. The molecule has 0 aliphatic rings. The number of guanidine groups is 1. The second-order valence-corrected chi connectivity index (χ2v) is 5.10. The van der Waals surface area contributed by atoms with Gasteiger partial charge < -0.3 is 24.8 Å². The Balaban J connectivity index is 0.00000576. The van der Waals surface area contributed by atoms with Crippen molar-refractivity contribution in [3.8, 4) is 5.88 Å². The third-order valence-corrected chi connectivity index (χ3v) is 3.20. The number of pyridine rings is 1. The Morgan fingerprint density at radius 2 is 1.88 bits per heavy atom. The van der Waals surface area contributed by atoms with Crippen LogP contribution in [0, 0.1) is 0 Å². The van der Waals surface area contributed by atoms with E-state index in [0.29, 0.717) is 44.7 Å². The SMILES string of the molecule is CCCCOCCOCCNC(=NC)NCc1cccc(OC)n1.I. The lowest BCUT2D eigenvalue weighted by Gasteiger charge is -2.12. The number of nitrogens with zero attached hydrogens (tertiary/aromatic N) is 2. The van der Waals surface area contributed by atoms with Crippen LogP contribution in [-0.2, 0) is 16.0 Å². The number of halogens is 1. The molecule has 1 rings (SSSR count). The van der Waals surface area contributed by atoms with E-state index >= 15 is 0 Å². The van der Waals surface area contributed by atoms with E-state index in [9.17, 15) is 0 Å². The van der Waals surface area contributed by atoms with E-state index in [1.54, 1.807) is 14.2 Å². The van der Waals surface area contributed by atoms with Gasteiger partial charge in [0.25, 0.3) is 0 Å². The monoisotopic (exact) mass is 466 g/mol. The van der Waals surface area contributed by atoms with Crippen LogP contribution in [-0.4, -0.2) is 58.1 Å². The minimum absolute atomic E-state index is 0. The molecule has 0 saturated carbocycles.